The lowest BCUT2D eigenvalue weighted by atomic mass is 9.81. The van der Waals surface area contributed by atoms with Crippen molar-refractivity contribution in [2.24, 2.45) is 0 Å². The number of rotatable bonds is 10. The van der Waals surface area contributed by atoms with Gasteiger partial charge >= 0.3 is 0 Å². The molecule has 0 saturated heterocycles. The van der Waals surface area contributed by atoms with Gasteiger partial charge < -0.3 is 14.8 Å². The minimum atomic E-state index is 0.180. The lowest BCUT2D eigenvalue weighted by molar-refractivity contribution is 0.0868. The minimum Gasteiger partial charge on any atom is -0.335 e. The van der Waals surface area contributed by atoms with Gasteiger partial charge in [-0.05, 0) is 46.8 Å². The van der Waals surface area contributed by atoms with Gasteiger partial charge in [0.05, 0.1) is 0 Å². The van der Waals surface area contributed by atoms with Crippen LogP contribution in [0.1, 0.15) is 52.8 Å². The van der Waals surface area contributed by atoms with Crippen LogP contribution in [-0.2, 0) is 13.0 Å². The zero-order valence-electron chi connectivity index (χ0n) is 14.8. The number of likely N-dealkylation sites (N-methyl/N-ethyl adjacent to an activating group) is 1. The summed E-state index contributed by atoms with van der Waals surface area (Å²) >= 11 is 0. The fourth-order valence-electron chi connectivity index (χ4n) is 3.46. The van der Waals surface area contributed by atoms with Crippen LogP contribution >= 0.6 is 0 Å². The highest BCUT2D eigenvalue weighted by atomic mass is 15.2. The van der Waals surface area contributed by atoms with Crippen molar-refractivity contribution in [3.8, 4) is 0 Å². The summed E-state index contributed by atoms with van der Waals surface area (Å²) in [6, 6.07) is 0.426. The average molecular weight is 294 g/mol. The first-order valence-electron chi connectivity index (χ1n) is 8.46. The summed E-state index contributed by atoms with van der Waals surface area (Å²) in [7, 11) is 4.42. The van der Waals surface area contributed by atoms with Crippen LogP contribution in [0.5, 0.6) is 0 Å². The molecule has 0 amide bonds. The third-order valence-electron chi connectivity index (χ3n) is 4.93. The predicted molar refractivity (Wildman–Crippen MR) is 90.7 cm³/mol. The van der Waals surface area contributed by atoms with Gasteiger partial charge in [0.2, 0.25) is 0 Å². The standard InChI is InChI=1S/C17H34N4/c1-7-11-18-15(17(8-2,9-3)20(5)6)14-16-19-12-13-21(16)10-4/h12-13,15,18H,7-11,14H2,1-6H3. The number of imidazole rings is 1. The molecule has 0 bridgehead atoms. The number of hydrogen-bond donors (Lipinski definition) is 1. The normalized spacial score (nSPS) is 13.9. The van der Waals surface area contributed by atoms with Crippen LogP contribution in [0.25, 0.3) is 0 Å². The molecule has 1 aromatic rings. The summed E-state index contributed by atoms with van der Waals surface area (Å²) in [6.45, 7) is 11.1. The molecule has 1 heterocycles. The van der Waals surface area contributed by atoms with Crippen molar-refractivity contribution in [3.63, 3.8) is 0 Å². The highest BCUT2D eigenvalue weighted by Crippen LogP contribution is 2.28. The Hall–Kier alpha value is -0.870. The van der Waals surface area contributed by atoms with E-state index in [4.69, 9.17) is 0 Å². The van der Waals surface area contributed by atoms with E-state index in [1.165, 1.54) is 5.82 Å². The molecule has 1 aromatic heterocycles. The molecule has 1 unspecified atom stereocenters. The zero-order chi connectivity index (χ0) is 15.9. The largest absolute Gasteiger partial charge is 0.335 e. The van der Waals surface area contributed by atoms with E-state index < -0.39 is 0 Å². The van der Waals surface area contributed by atoms with Crippen molar-refractivity contribution in [1.29, 1.82) is 0 Å². The van der Waals surface area contributed by atoms with Crippen LogP contribution in [0, 0.1) is 0 Å². The topological polar surface area (TPSA) is 33.1 Å². The molecule has 0 radical (unpaired) electrons. The Labute approximate surface area is 130 Å². The van der Waals surface area contributed by atoms with Gasteiger partial charge in [-0.3, -0.25) is 0 Å². The van der Waals surface area contributed by atoms with Crippen LogP contribution in [0.3, 0.4) is 0 Å². The van der Waals surface area contributed by atoms with Crippen LogP contribution in [-0.4, -0.2) is 46.7 Å². The van der Waals surface area contributed by atoms with E-state index in [-0.39, 0.29) is 5.54 Å². The van der Waals surface area contributed by atoms with Crippen molar-refractivity contribution < 1.29 is 0 Å². The van der Waals surface area contributed by atoms with E-state index in [1.807, 2.05) is 6.20 Å². The minimum absolute atomic E-state index is 0.180. The quantitative estimate of drug-likeness (QED) is 0.720. The maximum absolute atomic E-state index is 4.58. The summed E-state index contributed by atoms with van der Waals surface area (Å²) in [6.07, 6.45) is 8.44. The van der Waals surface area contributed by atoms with Gasteiger partial charge in [0, 0.05) is 36.9 Å². The Morgan fingerprint density at radius 2 is 1.90 bits per heavy atom. The first kappa shape index (κ1) is 18.2. The van der Waals surface area contributed by atoms with E-state index in [2.05, 4.69) is 67.8 Å². The summed E-state index contributed by atoms with van der Waals surface area (Å²) in [4.78, 5) is 6.98. The molecule has 122 valence electrons. The third kappa shape index (κ3) is 4.07. The van der Waals surface area contributed by atoms with Gasteiger partial charge in [0.25, 0.3) is 0 Å². The van der Waals surface area contributed by atoms with Crippen LogP contribution in [0.2, 0.25) is 0 Å². The second-order valence-corrected chi connectivity index (χ2v) is 6.05. The third-order valence-corrected chi connectivity index (χ3v) is 4.93. The molecule has 0 aliphatic rings. The van der Waals surface area contributed by atoms with Crippen LogP contribution in [0.15, 0.2) is 12.4 Å². The molecule has 0 spiro atoms. The smallest absolute Gasteiger partial charge is 0.110 e. The van der Waals surface area contributed by atoms with Gasteiger partial charge in [0.1, 0.15) is 5.82 Å². The molecule has 0 aromatic carbocycles. The molecule has 0 aliphatic heterocycles. The maximum atomic E-state index is 4.58. The Morgan fingerprint density at radius 1 is 1.24 bits per heavy atom. The van der Waals surface area contributed by atoms with E-state index in [0.29, 0.717) is 6.04 Å². The second kappa shape index (κ2) is 8.54. The average Bonchev–Trinajstić information content (AvgIpc) is 2.93. The van der Waals surface area contributed by atoms with E-state index in [9.17, 15) is 0 Å². The van der Waals surface area contributed by atoms with Crippen LogP contribution < -0.4 is 5.32 Å². The zero-order valence-corrected chi connectivity index (χ0v) is 14.8. The monoisotopic (exact) mass is 294 g/mol. The molecule has 1 atom stereocenters. The lowest BCUT2D eigenvalue weighted by Crippen LogP contribution is -2.59. The Balaban J connectivity index is 3.03. The van der Waals surface area contributed by atoms with Gasteiger partial charge in [0.15, 0.2) is 0 Å². The highest BCUT2D eigenvalue weighted by molar-refractivity contribution is 5.04. The summed E-state index contributed by atoms with van der Waals surface area (Å²) in [5.74, 6) is 1.19. The van der Waals surface area contributed by atoms with Crippen molar-refractivity contribution in [2.75, 3.05) is 20.6 Å². The van der Waals surface area contributed by atoms with Gasteiger partial charge in [-0.2, -0.15) is 0 Å². The molecule has 0 fully saturated rings. The molecule has 0 saturated carbocycles. The number of hydrogen-bond acceptors (Lipinski definition) is 3. The van der Waals surface area contributed by atoms with Gasteiger partial charge in [-0.1, -0.05) is 20.8 Å². The predicted octanol–water partition coefficient (Wildman–Crippen LogP) is 2.93. The van der Waals surface area contributed by atoms with Crippen LogP contribution in [0.4, 0.5) is 0 Å². The van der Waals surface area contributed by atoms with Crippen molar-refractivity contribution in [2.45, 2.75) is 71.5 Å². The Morgan fingerprint density at radius 3 is 2.38 bits per heavy atom. The molecule has 4 nitrogen and oxygen atoms in total. The molecule has 1 rings (SSSR count). The summed E-state index contributed by atoms with van der Waals surface area (Å²) in [5, 5.41) is 3.79. The fraction of sp³-hybridized carbons (Fsp3) is 0.824. The van der Waals surface area contributed by atoms with E-state index >= 15 is 0 Å². The van der Waals surface area contributed by atoms with Crippen molar-refractivity contribution in [3.05, 3.63) is 18.2 Å². The molecule has 4 heteroatoms. The molecule has 0 aliphatic carbocycles. The molecule has 21 heavy (non-hydrogen) atoms. The number of nitrogens with zero attached hydrogens (tertiary/aromatic N) is 3. The SMILES string of the molecule is CCCNC(Cc1nccn1CC)C(CC)(CC)N(C)C. The van der Waals surface area contributed by atoms with Crippen molar-refractivity contribution in [1.82, 2.24) is 19.8 Å². The first-order chi connectivity index (χ1) is 10.1. The fourth-order valence-corrected chi connectivity index (χ4v) is 3.46. The second-order valence-electron chi connectivity index (χ2n) is 6.05. The molecule has 1 N–H and O–H groups in total. The Kier molecular flexibility index (Phi) is 7.40. The first-order valence-corrected chi connectivity index (χ1v) is 8.46. The highest BCUT2D eigenvalue weighted by Gasteiger charge is 2.38. The summed E-state index contributed by atoms with van der Waals surface area (Å²) < 4.78 is 2.26. The van der Waals surface area contributed by atoms with E-state index in [1.54, 1.807) is 0 Å². The summed E-state index contributed by atoms with van der Waals surface area (Å²) in [5.41, 5.74) is 0.180. The number of aryl methyl sites for hydroxylation is 1. The molecular formula is C17H34N4. The maximum Gasteiger partial charge on any atom is 0.110 e. The van der Waals surface area contributed by atoms with E-state index in [0.717, 1.165) is 38.8 Å². The lowest BCUT2D eigenvalue weighted by Gasteiger charge is -2.45. The number of nitrogens with one attached hydrogen (secondary N) is 1. The number of aromatic nitrogens is 2. The Bertz CT molecular complexity index is 393. The van der Waals surface area contributed by atoms with Gasteiger partial charge in [-0.15, -0.1) is 0 Å². The van der Waals surface area contributed by atoms with Crippen molar-refractivity contribution >= 4 is 0 Å². The molecular weight excluding hydrogens is 260 g/mol. The van der Waals surface area contributed by atoms with Gasteiger partial charge in [-0.25, -0.2) is 4.98 Å².